The average Bonchev–Trinajstić information content (AvgIpc) is 2.95. The van der Waals surface area contributed by atoms with Crippen LogP contribution < -0.4 is 10.4 Å². The summed E-state index contributed by atoms with van der Waals surface area (Å²) in [6, 6.07) is 5.53. The first-order valence-electron chi connectivity index (χ1n) is 6.14. The largest absolute Gasteiger partial charge is 0.482 e. The molecular formula is C13H14N4O3. The Hall–Kier alpha value is -2.57. The molecular weight excluding hydrogens is 260 g/mol. The normalized spacial score (nSPS) is 11.2. The summed E-state index contributed by atoms with van der Waals surface area (Å²) >= 11 is 0. The predicted molar refractivity (Wildman–Crippen MR) is 71.5 cm³/mol. The number of benzene rings is 1. The molecule has 0 saturated heterocycles. The van der Waals surface area contributed by atoms with E-state index >= 15 is 0 Å². The van der Waals surface area contributed by atoms with E-state index in [1.54, 1.807) is 30.2 Å². The summed E-state index contributed by atoms with van der Waals surface area (Å²) in [5.41, 5.74) is 1.47. The zero-order valence-corrected chi connectivity index (χ0v) is 11.5. The number of ether oxygens (including phenoxy) is 1. The maximum Gasteiger partial charge on any atom is 0.328 e. The Kier molecular flexibility index (Phi) is 2.81. The van der Waals surface area contributed by atoms with Crippen molar-refractivity contribution >= 4 is 11.0 Å². The van der Waals surface area contributed by atoms with Crippen molar-refractivity contribution < 1.29 is 9.15 Å². The van der Waals surface area contributed by atoms with Gasteiger partial charge in [0.05, 0.1) is 5.52 Å². The Balaban J connectivity index is 1.99. The van der Waals surface area contributed by atoms with Gasteiger partial charge in [0.1, 0.15) is 11.3 Å². The quantitative estimate of drug-likeness (QED) is 0.716. The molecule has 0 aliphatic heterocycles. The van der Waals surface area contributed by atoms with Gasteiger partial charge in [-0.25, -0.2) is 4.79 Å². The highest BCUT2D eigenvalue weighted by atomic mass is 16.5. The summed E-state index contributed by atoms with van der Waals surface area (Å²) in [4.78, 5) is 11.9. The number of para-hydroxylation sites is 1. The summed E-state index contributed by atoms with van der Waals surface area (Å²) in [6.45, 7) is 1.89. The Bertz CT molecular complexity index is 828. The minimum absolute atomic E-state index is 0.0929. The first-order valence-corrected chi connectivity index (χ1v) is 6.14. The molecule has 20 heavy (non-hydrogen) atoms. The predicted octanol–water partition coefficient (Wildman–Crippen LogP) is 1.15. The van der Waals surface area contributed by atoms with Gasteiger partial charge in [-0.2, -0.15) is 0 Å². The Morgan fingerprint density at radius 1 is 1.25 bits per heavy atom. The van der Waals surface area contributed by atoms with Crippen LogP contribution in [0.25, 0.3) is 11.0 Å². The minimum atomic E-state index is -0.0929. The van der Waals surface area contributed by atoms with Crippen LogP contribution in [0.15, 0.2) is 27.4 Å². The standard InChI is InChI=1S/C13H14N4O3/c1-8-14-15-11(20-8)7-19-10-6-4-5-9-12(10)17(3)13(18)16(9)2/h4-6H,7H2,1-3H3. The highest BCUT2D eigenvalue weighted by molar-refractivity contribution is 5.82. The van der Waals surface area contributed by atoms with Crippen LogP contribution in [0, 0.1) is 6.92 Å². The van der Waals surface area contributed by atoms with E-state index in [4.69, 9.17) is 9.15 Å². The number of aromatic nitrogens is 4. The molecule has 3 rings (SSSR count). The van der Waals surface area contributed by atoms with E-state index in [0.29, 0.717) is 17.5 Å². The number of fused-ring (bicyclic) bond motifs is 1. The molecule has 0 aliphatic rings. The highest BCUT2D eigenvalue weighted by Gasteiger charge is 2.13. The van der Waals surface area contributed by atoms with Gasteiger partial charge in [-0.1, -0.05) is 6.07 Å². The summed E-state index contributed by atoms with van der Waals surface area (Å²) in [5.74, 6) is 1.51. The van der Waals surface area contributed by atoms with Crippen molar-refractivity contribution in [3.05, 3.63) is 40.5 Å². The molecule has 2 heterocycles. The average molecular weight is 274 g/mol. The van der Waals surface area contributed by atoms with Crippen LogP contribution in [-0.2, 0) is 20.7 Å². The van der Waals surface area contributed by atoms with Crippen LogP contribution in [-0.4, -0.2) is 19.3 Å². The molecule has 0 N–H and O–H groups in total. The zero-order valence-electron chi connectivity index (χ0n) is 11.5. The fraction of sp³-hybridized carbons (Fsp3) is 0.308. The summed E-state index contributed by atoms with van der Waals surface area (Å²) in [7, 11) is 3.45. The van der Waals surface area contributed by atoms with Crippen LogP contribution >= 0.6 is 0 Å². The van der Waals surface area contributed by atoms with Crippen molar-refractivity contribution in [2.24, 2.45) is 14.1 Å². The SMILES string of the molecule is Cc1nnc(COc2cccc3c2n(C)c(=O)n3C)o1. The maximum absolute atomic E-state index is 11.9. The Labute approximate surface area is 114 Å². The van der Waals surface area contributed by atoms with Gasteiger partial charge in [-0.3, -0.25) is 9.13 Å². The first kappa shape index (κ1) is 12.5. The number of rotatable bonds is 3. The fourth-order valence-corrected chi connectivity index (χ4v) is 2.19. The number of nitrogens with zero attached hydrogens (tertiary/aromatic N) is 4. The van der Waals surface area contributed by atoms with E-state index in [2.05, 4.69) is 10.2 Å². The fourth-order valence-electron chi connectivity index (χ4n) is 2.19. The lowest BCUT2D eigenvalue weighted by Crippen LogP contribution is -2.19. The lowest BCUT2D eigenvalue weighted by atomic mass is 10.3. The first-order chi connectivity index (χ1) is 9.58. The van der Waals surface area contributed by atoms with Crippen molar-refractivity contribution in [2.75, 3.05) is 0 Å². The molecule has 2 aromatic heterocycles. The topological polar surface area (TPSA) is 75.1 Å². The molecule has 7 nitrogen and oxygen atoms in total. The highest BCUT2D eigenvalue weighted by Crippen LogP contribution is 2.24. The van der Waals surface area contributed by atoms with Gasteiger partial charge in [0.2, 0.25) is 5.89 Å². The van der Waals surface area contributed by atoms with Gasteiger partial charge in [-0.15, -0.1) is 10.2 Å². The van der Waals surface area contributed by atoms with E-state index in [1.165, 1.54) is 0 Å². The number of aryl methyl sites for hydroxylation is 3. The number of hydrogen-bond donors (Lipinski definition) is 0. The van der Waals surface area contributed by atoms with Crippen LogP contribution in [0.1, 0.15) is 11.8 Å². The van der Waals surface area contributed by atoms with Gasteiger partial charge >= 0.3 is 5.69 Å². The lowest BCUT2D eigenvalue weighted by molar-refractivity contribution is 0.262. The van der Waals surface area contributed by atoms with E-state index in [1.807, 2.05) is 18.2 Å². The molecule has 1 aromatic carbocycles. The number of hydrogen-bond acceptors (Lipinski definition) is 5. The van der Waals surface area contributed by atoms with Crippen molar-refractivity contribution in [3.63, 3.8) is 0 Å². The second-order valence-electron chi connectivity index (χ2n) is 4.53. The van der Waals surface area contributed by atoms with Crippen molar-refractivity contribution in [2.45, 2.75) is 13.5 Å². The molecule has 7 heteroatoms. The van der Waals surface area contributed by atoms with Gasteiger partial charge in [0.25, 0.3) is 5.89 Å². The number of imidazole rings is 1. The van der Waals surface area contributed by atoms with Gasteiger partial charge < -0.3 is 9.15 Å². The molecule has 0 bridgehead atoms. The molecule has 0 amide bonds. The van der Waals surface area contributed by atoms with Crippen LogP contribution in [0.5, 0.6) is 5.75 Å². The third kappa shape index (κ3) is 1.87. The van der Waals surface area contributed by atoms with Gasteiger partial charge in [0, 0.05) is 21.0 Å². The lowest BCUT2D eigenvalue weighted by Gasteiger charge is -2.06. The molecule has 3 aromatic rings. The molecule has 0 aliphatic carbocycles. The van der Waals surface area contributed by atoms with Gasteiger partial charge in [-0.05, 0) is 12.1 Å². The van der Waals surface area contributed by atoms with E-state index < -0.39 is 0 Å². The zero-order chi connectivity index (χ0) is 14.3. The third-order valence-corrected chi connectivity index (χ3v) is 3.17. The molecule has 0 spiro atoms. The van der Waals surface area contributed by atoms with Crippen LogP contribution in [0.2, 0.25) is 0 Å². The minimum Gasteiger partial charge on any atom is -0.482 e. The molecule has 0 atom stereocenters. The molecule has 0 saturated carbocycles. The third-order valence-electron chi connectivity index (χ3n) is 3.17. The van der Waals surface area contributed by atoms with Crippen LogP contribution in [0.3, 0.4) is 0 Å². The van der Waals surface area contributed by atoms with Crippen molar-refractivity contribution in [3.8, 4) is 5.75 Å². The second kappa shape index (κ2) is 4.52. The van der Waals surface area contributed by atoms with E-state index in [0.717, 1.165) is 11.0 Å². The molecule has 104 valence electrons. The Morgan fingerprint density at radius 2 is 2.05 bits per heavy atom. The summed E-state index contributed by atoms with van der Waals surface area (Å²) < 4.78 is 14.1. The second-order valence-corrected chi connectivity index (χ2v) is 4.53. The van der Waals surface area contributed by atoms with Gasteiger partial charge in [0.15, 0.2) is 6.61 Å². The monoisotopic (exact) mass is 274 g/mol. The summed E-state index contributed by atoms with van der Waals surface area (Å²) in [5, 5.41) is 7.61. The maximum atomic E-state index is 11.9. The Morgan fingerprint density at radius 3 is 2.75 bits per heavy atom. The molecule has 0 radical (unpaired) electrons. The van der Waals surface area contributed by atoms with Crippen molar-refractivity contribution in [1.82, 2.24) is 19.3 Å². The van der Waals surface area contributed by atoms with Crippen molar-refractivity contribution in [1.29, 1.82) is 0 Å². The molecule has 0 unspecified atom stereocenters. The molecule has 0 fully saturated rings. The van der Waals surface area contributed by atoms with E-state index in [9.17, 15) is 4.79 Å². The van der Waals surface area contributed by atoms with Crippen LogP contribution in [0.4, 0.5) is 0 Å². The summed E-state index contributed by atoms with van der Waals surface area (Å²) in [6.07, 6.45) is 0. The smallest absolute Gasteiger partial charge is 0.328 e. The van der Waals surface area contributed by atoms with E-state index in [-0.39, 0.29) is 12.3 Å².